The molecule has 0 aliphatic heterocycles. The molecule has 0 amide bonds. The number of nitrogens with zero attached hydrogens (tertiary/aromatic N) is 3. The van der Waals surface area contributed by atoms with Gasteiger partial charge in [0.1, 0.15) is 6.33 Å². The highest BCUT2D eigenvalue weighted by Crippen LogP contribution is 2.26. The van der Waals surface area contributed by atoms with Crippen molar-refractivity contribution < 1.29 is 14.3 Å². The average Bonchev–Trinajstić information content (AvgIpc) is 2.77. The van der Waals surface area contributed by atoms with Crippen LogP contribution in [0.3, 0.4) is 0 Å². The zero-order valence-corrected chi connectivity index (χ0v) is 8.56. The second-order valence-electron chi connectivity index (χ2n) is 2.75. The van der Waals surface area contributed by atoms with Gasteiger partial charge in [-0.15, -0.1) is 10.2 Å². The number of aromatic nitrogens is 3. The van der Waals surface area contributed by atoms with Gasteiger partial charge in [0, 0.05) is 7.05 Å². The fourth-order valence-corrected chi connectivity index (χ4v) is 1.67. The maximum Gasteiger partial charge on any atom is 0.371 e. The molecule has 0 saturated heterocycles. The molecule has 0 radical (unpaired) electrons. The summed E-state index contributed by atoms with van der Waals surface area (Å²) in [6, 6.07) is 2.99. The first kappa shape index (κ1) is 9.78. The molecule has 0 spiro atoms. The van der Waals surface area contributed by atoms with Crippen LogP contribution in [0.5, 0.6) is 0 Å². The molecule has 2 heterocycles. The van der Waals surface area contributed by atoms with Crippen molar-refractivity contribution in [3.05, 3.63) is 24.2 Å². The maximum atomic E-state index is 10.5. The first-order chi connectivity index (χ1) is 7.16. The molecule has 0 atom stereocenters. The molecule has 78 valence electrons. The minimum Gasteiger partial charge on any atom is -0.475 e. The number of aromatic carboxylic acids is 1. The van der Waals surface area contributed by atoms with Gasteiger partial charge < -0.3 is 14.1 Å². The summed E-state index contributed by atoms with van der Waals surface area (Å²) in [4.78, 5) is 10.5. The Morgan fingerprint density at radius 2 is 2.40 bits per heavy atom. The van der Waals surface area contributed by atoms with Gasteiger partial charge in [-0.2, -0.15) is 0 Å². The molecular formula is C8H7N3O3S. The summed E-state index contributed by atoms with van der Waals surface area (Å²) in [5.41, 5.74) is 0. The fourth-order valence-electron chi connectivity index (χ4n) is 0.945. The van der Waals surface area contributed by atoms with Crippen LogP contribution in [0.4, 0.5) is 0 Å². The highest BCUT2D eigenvalue weighted by molar-refractivity contribution is 7.99. The number of carbonyl (C=O) groups is 1. The van der Waals surface area contributed by atoms with Crippen molar-refractivity contribution in [2.45, 2.75) is 10.2 Å². The van der Waals surface area contributed by atoms with E-state index in [4.69, 9.17) is 9.52 Å². The number of carboxylic acids is 1. The molecule has 2 aromatic rings. The summed E-state index contributed by atoms with van der Waals surface area (Å²) >= 11 is 1.22. The van der Waals surface area contributed by atoms with E-state index in [-0.39, 0.29) is 5.76 Å². The molecule has 1 N–H and O–H groups in total. The molecule has 7 heteroatoms. The minimum atomic E-state index is -1.08. The highest BCUT2D eigenvalue weighted by Gasteiger charge is 2.11. The highest BCUT2D eigenvalue weighted by atomic mass is 32.2. The standard InChI is InChI=1S/C8H7N3O3S/c1-11-4-9-10-8(11)15-6-3-2-5(14-6)7(12)13/h2-4H,1H3,(H,12,13). The monoisotopic (exact) mass is 225 g/mol. The smallest absolute Gasteiger partial charge is 0.371 e. The predicted molar refractivity (Wildman–Crippen MR) is 50.8 cm³/mol. The van der Waals surface area contributed by atoms with E-state index < -0.39 is 5.97 Å². The number of rotatable bonds is 3. The summed E-state index contributed by atoms with van der Waals surface area (Å²) in [5, 5.41) is 17.3. The lowest BCUT2D eigenvalue weighted by molar-refractivity contribution is 0.0656. The Balaban J connectivity index is 2.18. The van der Waals surface area contributed by atoms with Crippen LogP contribution in [-0.2, 0) is 7.05 Å². The largest absolute Gasteiger partial charge is 0.475 e. The van der Waals surface area contributed by atoms with Gasteiger partial charge in [-0.3, -0.25) is 0 Å². The molecule has 0 saturated carbocycles. The van der Waals surface area contributed by atoms with Crippen molar-refractivity contribution in [1.29, 1.82) is 0 Å². The van der Waals surface area contributed by atoms with E-state index in [0.29, 0.717) is 10.2 Å². The van der Waals surface area contributed by atoms with E-state index in [9.17, 15) is 4.79 Å². The molecular weight excluding hydrogens is 218 g/mol. The van der Waals surface area contributed by atoms with E-state index in [0.717, 1.165) is 0 Å². The molecule has 0 aliphatic carbocycles. The van der Waals surface area contributed by atoms with Crippen molar-refractivity contribution in [2.75, 3.05) is 0 Å². The van der Waals surface area contributed by atoms with E-state index in [1.807, 2.05) is 0 Å². The van der Waals surface area contributed by atoms with Crippen LogP contribution in [0.25, 0.3) is 0 Å². The molecule has 0 bridgehead atoms. The van der Waals surface area contributed by atoms with Crippen molar-refractivity contribution in [1.82, 2.24) is 14.8 Å². The van der Waals surface area contributed by atoms with Gasteiger partial charge in [-0.05, 0) is 23.9 Å². The van der Waals surface area contributed by atoms with Gasteiger partial charge in [-0.25, -0.2) is 4.79 Å². The van der Waals surface area contributed by atoms with Gasteiger partial charge in [-0.1, -0.05) is 0 Å². The van der Waals surface area contributed by atoms with Gasteiger partial charge in [0.25, 0.3) is 0 Å². The van der Waals surface area contributed by atoms with Gasteiger partial charge in [0.05, 0.1) is 0 Å². The van der Waals surface area contributed by atoms with E-state index >= 15 is 0 Å². The quantitative estimate of drug-likeness (QED) is 0.846. The lowest BCUT2D eigenvalue weighted by atomic mass is 10.5. The average molecular weight is 225 g/mol. The number of furan rings is 1. The zero-order valence-electron chi connectivity index (χ0n) is 7.75. The second-order valence-corrected chi connectivity index (χ2v) is 3.72. The van der Waals surface area contributed by atoms with Crippen molar-refractivity contribution in [3.8, 4) is 0 Å². The Kier molecular flexibility index (Phi) is 2.46. The predicted octanol–water partition coefficient (Wildman–Crippen LogP) is 1.26. The zero-order chi connectivity index (χ0) is 10.8. The third-order valence-corrected chi connectivity index (χ3v) is 2.63. The molecule has 0 fully saturated rings. The van der Waals surface area contributed by atoms with E-state index in [1.54, 1.807) is 24.0 Å². The van der Waals surface area contributed by atoms with E-state index in [1.165, 1.54) is 17.8 Å². The van der Waals surface area contributed by atoms with Gasteiger partial charge in [0.2, 0.25) is 5.76 Å². The number of aryl methyl sites for hydroxylation is 1. The molecule has 0 unspecified atom stereocenters. The summed E-state index contributed by atoms with van der Waals surface area (Å²) in [7, 11) is 1.80. The number of hydrogen-bond acceptors (Lipinski definition) is 5. The summed E-state index contributed by atoms with van der Waals surface area (Å²) in [6.45, 7) is 0. The molecule has 15 heavy (non-hydrogen) atoms. The Morgan fingerprint density at radius 3 is 2.93 bits per heavy atom. The first-order valence-corrected chi connectivity index (χ1v) is 4.83. The molecule has 2 rings (SSSR count). The van der Waals surface area contributed by atoms with Gasteiger partial charge in [0.15, 0.2) is 10.2 Å². The molecule has 6 nitrogen and oxygen atoms in total. The van der Waals surface area contributed by atoms with Crippen LogP contribution >= 0.6 is 11.8 Å². The second kappa shape index (κ2) is 3.77. The lowest BCUT2D eigenvalue weighted by Gasteiger charge is -1.95. The Hall–Kier alpha value is -1.76. The van der Waals surface area contributed by atoms with Crippen LogP contribution in [0.1, 0.15) is 10.6 Å². The van der Waals surface area contributed by atoms with Crippen LogP contribution in [0.2, 0.25) is 0 Å². The minimum absolute atomic E-state index is 0.0836. The molecule has 0 aromatic carbocycles. The summed E-state index contributed by atoms with van der Waals surface area (Å²) in [6.07, 6.45) is 1.56. The fraction of sp³-hybridized carbons (Fsp3) is 0.125. The summed E-state index contributed by atoms with van der Waals surface area (Å²) in [5.74, 6) is -1.17. The van der Waals surface area contributed by atoms with Crippen LogP contribution < -0.4 is 0 Å². The van der Waals surface area contributed by atoms with Crippen LogP contribution in [0.15, 0.2) is 33.1 Å². The van der Waals surface area contributed by atoms with Crippen LogP contribution in [0, 0.1) is 0 Å². The molecule has 0 aliphatic rings. The topological polar surface area (TPSA) is 81.2 Å². The third kappa shape index (κ3) is 2.01. The van der Waals surface area contributed by atoms with Crippen molar-refractivity contribution in [2.24, 2.45) is 7.05 Å². The normalized spacial score (nSPS) is 10.5. The first-order valence-electron chi connectivity index (χ1n) is 4.02. The maximum absolute atomic E-state index is 10.5. The third-order valence-electron chi connectivity index (χ3n) is 1.65. The Labute approximate surface area is 88.9 Å². The van der Waals surface area contributed by atoms with Crippen molar-refractivity contribution in [3.63, 3.8) is 0 Å². The number of carboxylic acid groups (broad SMARTS) is 1. The van der Waals surface area contributed by atoms with Crippen LogP contribution in [-0.4, -0.2) is 25.8 Å². The lowest BCUT2D eigenvalue weighted by Crippen LogP contribution is -1.91. The van der Waals surface area contributed by atoms with E-state index in [2.05, 4.69) is 10.2 Å². The number of hydrogen-bond donors (Lipinski definition) is 1. The Morgan fingerprint density at radius 1 is 1.60 bits per heavy atom. The Bertz CT molecular complexity index is 491. The summed E-state index contributed by atoms with van der Waals surface area (Å²) < 4.78 is 6.77. The molecule has 2 aromatic heterocycles. The van der Waals surface area contributed by atoms with Gasteiger partial charge >= 0.3 is 5.97 Å². The van der Waals surface area contributed by atoms with Crippen molar-refractivity contribution >= 4 is 17.7 Å². The SMILES string of the molecule is Cn1cnnc1Sc1ccc(C(=O)O)o1.